The zero-order valence-corrected chi connectivity index (χ0v) is 18.2. The summed E-state index contributed by atoms with van der Waals surface area (Å²) in [7, 11) is 2.80. The summed E-state index contributed by atoms with van der Waals surface area (Å²) in [5.74, 6) is 0. The molecular weight excluding hydrogens is 315 g/mol. The van der Waals surface area contributed by atoms with Gasteiger partial charge in [0.1, 0.15) is 0 Å². The molecule has 0 aromatic carbocycles. The molecule has 2 atom stereocenters. The van der Waals surface area contributed by atoms with Crippen LogP contribution in [0.15, 0.2) is 0 Å². The number of hydrogen-bond donors (Lipinski definition) is 0. The van der Waals surface area contributed by atoms with Crippen LogP contribution in [-0.4, -0.2) is 31.1 Å². The van der Waals surface area contributed by atoms with Crippen LogP contribution in [0.1, 0.15) is 105 Å². The Bertz CT molecular complexity index is 256. The molecule has 0 bridgehead atoms. The zero-order valence-electron chi connectivity index (χ0n) is 17.1. The number of unbranched alkanes of at least 4 members (excludes halogenated alkanes) is 8. The van der Waals surface area contributed by atoms with Crippen molar-refractivity contribution in [3.8, 4) is 0 Å². The van der Waals surface area contributed by atoms with E-state index in [2.05, 4.69) is 36.9 Å². The SMILES string of the molecule is CCCCCCCCCCCOCC(CC)OC(C)(C)CCCP. The van der Waals surface area contributed by atoms with Crippen LogP contribution in [0.3, 0.4) is 0 Å². The van der Waals surface area contributed by atoms with Gasteiger partial charge < -0.3 is 9.47 Å². The minimum atomic E-state index is -0.0294. The molecule has 0 aromatic heterocycles. The smallest absolute Gasteiger partial charge is 0.0813 e. The first-order chi connectivity index (χ1) is 11.6. The van der Waals surface area contributed by atoms with E-state index in [4.69, 9.17) is 9.47 Å². The predicted octanol–water partition coefficient (Wildman–Crippen LogP) is 6.76. The maximum absolute atomic E-state index is 6.25. The molecule has 0 N–H and O–H groups in total. The number of ether oxygens (including phenoxy) is 2. The van der Waals surface area contributed by atoms with E-state index in [0.29, 0.717) is 0 Å². The Morgan fingerprint density at radius 2 is 1.42 bits per heavy atom. The first-order valence-electron chi connectivity index (χ1n) is 10.5. The minimum absolute atomic E-state index is 0.0294. The lowest BCUT2D eigenvalue weighted by molar-refractivity contribution is -0.106. The van der Waals surface area contributed by atoms with Crippen LogP contribution >= 0.6 is 9.24 Å². The fraction of sp³-hybridized carbons (Fsp3) is 1.00. The van der Waals surface area contributed by atoms with Gasteiger partial charge in [-0.1, -0.05) is 65.2 Å². The van der Waals surface area contributed by atoms with Gasteiger partial charge in [0.2, 0.25) is 0 Å². The quantitative estimate of drug-likeness (QED) is 0.198. The van der Waals surface area contributed by atoms with E-state index in [1.54, 1.807) is 0 Å². The van der Waals surface area contributed by atoms with Crippen LogP contribution in [0.5, 0.6) is 0 Å². The highest BCUT2D eigenvalue weighted by atomic mass is 31.0. The van der Waals surface area contributed by atoms with Crippen molar-refractivity contribution in [2.45, 2.75) is 116 Å². The molecule has 0 spiro atoms. The molecule has 0 aliphatic rings. The highest BCUT2D eigenvalue weighted by Gasteiger charge is 2.22. The van der Waals surface area contributed by atoms with Gasteiger partial charge in [0.05, 0.1) is 18.3 Å². The van der Waals surface area contributed by atoms with Crippen LogP contribution < -0.4 is 0 Å². The first kappa shape index (κ1) is 24.4. The summed E-state index contributed by atoms with van der Waals surface area (Å²) < 4.78 is 12.1. The lowest BCUT2D eigenvalue weighted by Gasteiger charge is -2.30. The van der Waals surface area contributed by atoms with Crippen molar-refractivity contribution < 1.29 is 9.47 Å². The Morgan fingerprint density at radius 1 is 0.833 bits per heavy atom. The van der Waals surface area contributed by atoms with Gasteiger partial charge in [0.15, 0.2) is 0 Å². The maximum atomic E-state index is 6.25. The van der Waals surface area contributed by atoms with E-state index in [-0.39, 0.29) is 11.7 Å². The Labute approximate surface area is 155 Å². The first-order valence-corrected chi connectivity index (χ1v) is 11.3. The molecular formula is C21H45O2P. The normalized spacial score (nSPS) is 13.4. The van der Waals surface area contributed by atoms with Gasteiger partial charge >= 0.3 is 0 Å². The predicted molar refractivity (Wildman–Crippen MR) is 111 cm³/mol. The van der Waals surface area contributed by atoms with Crippen molar-refractivity contribution in [1.29, 1.82) is 0 Å². The molecule has 0 radical (unpaired) electrons. The summed E-state index contributed by atoms with van der Waals surface area (Å²) in [6, 6.07) is 0. The van der Waals surface area contributed by atoms with Crippen molar-refractivity contribution in [2.24, 2.45) is 0 Å². The van der Waals surface area contributed by atoms with E-state index in [0.717, 1.165) is 32.2 Å². The molecule has 0 aliphatic heterocycles. The summed E-state index contributed by atoms with van der Waals surface area (Å²) in [5.41, 5.74) is -0.0294. The molecule has 0 aliphatic carbocycles. The molecule has 3 heteroatoms. The largest absolute Gasteiger partial charge is 0.379 e. The Morgan fingerprint density at radius 3 is 1.96 bits per heavy atom. The fourth-order valence-corrected chi connectivity index (χ4v) is 3.21. The van der Waals surface area contributed by atoms with Crippen LogP contribution in [0.2, 0.25) is 0 Å². The summed E-state index contributed by atoms with van der Waals surface area (Å²) >= 11 is 0. The molecule has 0 aromatic rings. The second kappa shape index (κ2) is 16.8. The molecule has 2 unspecified atom stereocenters. The number of rotatable bonds is 18. The van der Waals surface area contributed by atoms with Gasteiger partial charge in [0, 0.05) is 6.61 Å². The second-order valence-corrected chi connectivity index (χ2v) is 8.28. The van der Waals surface area contributed by atoms with Gasteiger partial charge in [-0.15, -0.1) is 9.24 Å². The maximum Gasteiger partial charge on any atom is 0.0813 e. The molecule has 0 amide bonds. The number of hydrogen-bond acceptors (Lipinski definition) is 2. The molecule has 0 saturated heterocycles. The summed E-state index contributed by atoms with van der Waals surface area (Å²) in [5, 5.41) is 0. The van der Waals surface area contributed by atoms with Gasteiger partial charge in [-0.3, -0.25) is 0 Å². The average Bonchev–Trinajstić information content (AvgIpc) is 2.56. The molecule has 24 heavy (non-hydrogen) atoms. The Kier molecular flexibility index (Phi) is 17.0. The van der Waals surface area contributed by atoms with Crippen molar-refractivity contribution in [3.05, 3.63) is 0 Å². The molecule has 2 nitrogen and oxygen atoms in total. The van der Waals surface area contributed by atoms with Crippen LogP contribution in [0.25, 0.3) is 0 Å². The average molecular weight is 361 g/mol. The van der Waals surface area contributed by atoms with E-state index in [1.165, 1.54) is 64.2 Å². The second-order valence-electron chi connectivity index (χ2n) is 7.70. The third-order valence-corrected chi connectivity index (χ3v) is 5.03. The standard InChI is InChI=1S/C21H45O2P/c1-5-7-8-9-10-11-12-13-14-17-22-19-20(6-2)23-21(3,4)16-15-18-24/h20H,5-19,24H2,1-4H3. The highest BCUT2D eigenvalue weighted by Crippen LogP contribution is 2.21. The van der Waals surface area contributed by atoms with Crippen LogP contribution in [-0.2, 0) is 9.47 Å². The zero-order chi connectivity index (χ0) is 18.1. The van der Waals surface area contributed by atoms with E-state index in [9.17, 15) is 0 Å². The van der Waals surface area contributed by atoms with Crippen molar-refractivity contribution in [1.82, 2.24) is 0 Å². The van der Waals surface area contributed by atoms with Gasteiger partial charge in [-0.25, -0.2) is 0 Å². The van der Waals surface area contributed by atoms with Crippen molar-refractivity contribution in [2.75, 3.05) is 19.4 Å². The van der Waals surface area contributed by atoms with Gasteiger partial charge in [0.25, 0.3) is 0 Å². The monoisotopic (exact) mass is 360 g/mol. The molecule has 0 fully saturated rings. The van der Waals surface area contributed by atoms with Crippen LogP contribution in [0, 0.1) is 0 Å². The molecule has 0 heterocycles. The highest BCUT2D eigenvalue weighted by molar-refractivity contribution is 7.16. The lowest BCUT2D eigenvalue weighted by atomic mass is 10.0. The molecule has 146 valence electrons. The summed E-state index contributed by atoms with van der Waals surface area (Å²) in [6.45, 7) is 10.5. The van der Waals surface area contributed by atoms with Crippen molar-refractivity contribution in [3.63, 3.8) is 0 Å². The summed E-state index contributed by atoms with van der Waals surface area (Å²) in [4.78, 5) is 0. The van der Waals surface area contributed by atoms with Crippen LogP contribution in [0.4, 0.5) is 0 Å². The third kappa shape index (κ3) is 15.9. The van der Waals surface area contributed by atoms with Crippen molar-refractivity contribution >= 4 is 9.24 Å². The minimum Gasteiger partial charge on any atom is -0.379 e. The van der Waals surface area contributed by atoms with E-state index < -0.39 is 0 Å². The Balaban J connectivity index is 3.53. The van der Waals surface area contributed by atoms with Gasteiger partial charge in [-0.05, 0) is 45.7 Å². The lowest BCUT2D eigenvalue weighted by Crippen LogP contribution is -2.33. The molecule has 0 rings (SSSR count). The van der Waals surface area contributed by atoms with Gasteiger partial charge in [-0.2, -0.15) is 0 Å². The molecule has 0 saturated carbocycles. The van der Waals surface area contributed by atoms with E-state index >= 15 is 0 Å². The third-order valence-electron chi connectivity index (χ3n) is 4.62. The summed E-state index contributed by atoms with van der Waals surface area (Å²) in [6.07, 6.45) is 17.0. The van der Waals surface area contributed by atoms with E-state index in [1.807, 2.05) is 0 Å². The topological polar surface area (TPSA) is 18.5 Å². The Hall–Kier alpha value is 0.350. The fourth-order valence-electron chi connectivity index (χ4n) is 3.00.